The van der Waals surface area contributed by atoms with Crippen molar-refractivity contribution in [1.29, 1.82) is 0 Å². The molecule has 1 aromatic rings. The fourth-order valence-electron chi connectivity index (χ4n) is 1.39. The molecule has 90 valence electrons. The molecule has 0 heterocycles. The number of hydrogen-bond donors (Lipinski definition) is 0. The van der Waals surface area contributed by atoms with Crippen molar-refractivity contribution in [2.24, 2.45) is 0 Å². The Morgan fingerprint density at radius 3 is 2.59 bits per heavy atom. The molecule has 0 aliphatic heterocycles. The van der Waals surface area contributed by atoms with Crippen molar-refractivity contribution in [3.8, 4) is 0 Å². The van der Waals surface area contributed by atoms with E-state index in [1.807, 2.05) is 0 Å². The van der Waals surface area contributed by atoms with Gasteiger partial charge in [0, 0.05) is 18.1 Å². The molecule has 6 heteroatoms. The highest BCUT2D eigenvalue weighted by Gasteiger charge is 2.21. The smallest absolute Gasteiger partial charge is 0.374 e. The van der Waals surface area contributed by atoms with Gasteiger partial charge in [0.15, 0.2) is 0 Å². The molecule has 0 N–H and O–H groups in total. The Morgan fingerprint density at radius 2 is 2.06 bits per heavy atom. The van der Waals surface area contributed by atoms with E-state index < -0.39 is 16.7 Å². The second kappa shape index (κ2) is 5.20. The molecule has 0 unspecified atom stereocenters. The first-order valence-corrected chi connectivity index (χ1v) is 4.80. The maximum absolute atomic E-state index is 11.3. The number of esters is 1. The number of nitro groups is 1. The minimum atomic E-state index is -0.999. The third kappa shape index (κ3) is 3.10. The van der Waals surface area contributed by atoms with E-state index in [2.05, 4.69) is 4.74 Å². The van der Waals surface area contributed by atoms with Crippen LogP contribution in [0.4, 0.5) is 5.69 Å². The van der Waals surface area contributed by atoms with Crippen LogP contribution in [0.25, 0.3) is 0 Å². The molecule has 0 saturated carbocycles. The summed E-state index contributed by atoms with van der Waals surface area (Å²) in [7, 11) is 1.09. The van der Waals surface area contributed by atoms with Crippen LogP contribution in [0.15, 0.2) is 18.2 Å². The summed E-state index contributed by atoms with van der Waals surface area (Å²) in [6.45, 7) is 1.75. The van der Waals surface area contributed by atoms with Crippen LogP contribution in [0.3, 0.4) is 0 Å². The molecule has 0 atom stereocenters. The predicted molar refractivity (Wildman–Crippen MR) is 58.6 cm³/mol. The third-order valence-electron chi connectivity index (χ3n) is 2.20. The lowest BCUT2D eigenvalue weighted by molar-refractivity contribution is -0.385. The van der Waals surface area contributed by atoms with Crippen LogP contribution in [0, 0.1) is 17.0 Å². The Morgan fingerprint density at radius 1 is 1.41 bits per heavy atom. The van der Waals surface area contributed by atoms with E-state index in [1.54, 1.807) is 13.0 Å². The number of benzene rings is 1. The lowest BCUT2D eigenvalue weighted by Crippen LogP contribution is -2.18. The van der Waals surface area contributed by atoms with Gasteiger partial charge in [-0.1, -0.05) is 11.6 Å². The quantitative estimate of drug-likeness (QED) is 0.339. The van der Waals surface area contributed by atoms with E-state index in [-0.39, 0.29) is 17.7 Å². The van der Waals surface area contributed by atoms with E-state index in [0.717, 1.165) is 12.7 Å². The topological polar surface area (TPSA) is 86.5 Å². The van der Waals surface area contributed by atoms with Crippen LogP contribution >= 0.6 is 0 Å². The maximum atomic E-state index is 11.3. The summed E-state index contributed by atoms with van der Waals surface area (Å²) in [5, 5.41) is 10.7. The number of nitro benzene ring substituents is 1. The zero-order chi connectivity index (χ0) is 13.0. The van der Waals surface area contributed by atoms with Crippen LogP contribution in [0.2, 0.25) is 0 Å². The Bertz CT molecular complexity index is 481. The van der Waals surface area contributed by atoms with Crippen LogP contribution in [0.5, 0.6) is 0 Å². The van der Waals surface area contributed by atoms with Gasteiger partial charge in [-0.25, -0.2) is 4.79 Å². The summed E-state index contributed by atoms with van der Waals surface area (Å²) in [5.41, 5.74) is 0.821. The van der Waals surface area contributed by atoms with Crippen molar-refractivity contribution in [2.45, 2.75) is 13.3 Å². The van der Waals surface area contributed by atoms with Gasteiger partial charge in [-0.3, -0.25) is 14.9 Å². The van der Waals surface area contributed by atoms with E-state index in [0.29, 0.717) is 0 Å². The fourth-order valence-corrected chi connectivity index (χ4v) is 1.39. The molecule has 0 fully saturated rings. The SMILES string of the molecule is COC(=O)C(=O)Cc1cc(C)ccc1[N+](=O)[O-]. The molecule has 0 aliphatic carbocycles. The van der Waals surface area contributed by atoms with E-state index in [9.17, 15) is 19.7 Å². The Balaban J connectivity index is 3.04. The molecular formula is C11H11NO5. The third-order valence-corrected chi connectivity index (χ3v) is 2.20. The Labute approximate surface area is 97.3 Å². The summed E-state index contributed by atoms with van der Waals surface area (Å²) < 4.78 is 4.26. The Hall–Kier alpha value is -2.24. The highest BCUT2D eigenvalue weighted by atomic mass is 16.6. The normalized spacial score (nSPS) is 9.76. The molecule has 0 aromatic heterocycles. The monoisotopic (exact) mass is 237 g/mol. The van der Waals surface area contributed by atoms with Crippen molar-refractivity contribution < 1.29 is 19.2 Å². The fraction of sp³-hybridized carbons (Fsp3) is 0.273. The number of ketones is 1. The molecule has 0 spiro atoms. The number of Topliss-reactive ketones (excluding diaryl/α,β-unsaturated/α-hetero) is 1. The number of hydrogen-bond acceptors (Lipinski definition) is 5. The minimum Gasteiger partial charge on any atom is -0.463 e. The van der Waals surface area contributed by atoms with Crippen molar-refractivity contribution in [2.75, 3.05) is 7.11 Å². The molecule has 0 radical (unpaired) electrons. The van der Waals surface area contributed by atoms with Gasteiger partial charge in [0.1, 0.15) is 0 Å². The van der Waals surface area contributed by atoms with Crippen molar-refractivity contribution in [1.82, 2.24) is 0 Å². The van der Waals surface area contributed by atoms with E-state index in [4.69, 9.17) is 0 Å². The lowest BCUT2D eigenvalue weighted by Gasteiger charge is -2.03. The van der Waals surface area contributed by atoms with Crippen LogP contribution in [0.1, 0.15) is 11.1 Å². The zero-order valence-electron chi connectivity index (χ0n) is 9.43. The molecule has 0 bridgehead atoms. The molecular weight excluding hydrogens is 226 g/mol. The number of aryl methyl sites for hydroxylation is 1. The van der Waals surface area contributed by atoms with E-state index in [1.165, 1.54) is 12.1 Å². The van der Waals surface area contributed by atoms with Gasteiger partial charge in [-0.05, 0) is 13.0 Å². The molecule has 1 aromatic carbocycles. The summed E-state index contributed by atoms with van der Waals surface area (Å²) in [5.74, 6) is -1.80. The first-order valence-electron chi connectivity index (χ1n) is 4.80. The molecule has 6 nitrogen and oxygen atoms in total. The van der Waals surface area contributed by atoms with Crippen LogP contribution < -0.4 is 0 Å². The zero-order valence-corrected chi connectivity index (χ0v) is 9.43. The summed E-state index contributed by atoms with van der Waals surface area (Å²) in [6.07, 6.45) is -0.329. The maximum Gasteiger partial charge on any atom is 0.374 e. The number of nitrogens with zero attached hydrogens (tertiary/aromatic N) is 1. The predicted octanol–water partition coefficient (Wildman–Crippen LogP) is 1.19. The van der Waals surface area contributed by atoms with Gasteiger partial charge in [0.25, 0.3) is 5.69 Å². The molecule has 17 heavy (non-hydrogen) atoms. The number of carbonyl (C=O) groups is 2. The average Bonchev–Trinajstić information content (AvgIpc) is 2.27. The van der Waals surface area contributed by atoms with E-state index >= 15 is 0 Å². The molecule has 1 rings (SSSR count). The second-order valence-corrected chi connectivity index (χ2v) is 3.48. The van der Waals surface area contributed by atoms with Crippen LogP contribution in [-0.4, -0.2) is 23.8 Å². The highest BCUT2D eigenvalue weighted by molar-refractivity contribution is 6.34. The van der Waals surface area contributed by atoms with Crippen molar-refractivity contribution in [3.05, 3.63) is 39.4 Å². The lowest BCUT2D eigenvalue weighted by atomic mass is 10.0. The summed E-state index contributed by atoms with van der Waals surface area (Å²) >= 11 is 0. The largest absolute Gasteiger partial charge is 0.463 e. The number of methoxy groups -OCH3 is 1. The van der Waals surface area contributed by atoms with Crippen LogP contribution in [-0.2, 0) is 20.7 Å². The van der Waals surface area contributed by atoms with Gasteiger partial charge in [-0.2, -0.15) is 0 Å². The van der Waals surface area contributed by atoms with Crippen molar-refractivity contribution >= 4 is 17.4 Å². The molecule has 0 amide bonds. The molecule has 0 saturated heterocycles. The first kappa shape index (κ1) is 12.8. The first-order chi connectivity index (χ1) is 7.95. The standard InChI is InChI=1S/C11H11NO5/c1-7-3-4-9(12(15)16)8(5-7)6-10(13)11(14)17-2/h3-5H,6H2,1-2H3. The molecule has 0 aliphatic rings. The number of carbonyl (C=O) groups excluding carboxylic acids is 2. The summed E-state index contributed by atoms with van der Waals surface area (Å²) in [4.78, 5) is 32.4. The van der Waals surface area contributed by atoms with Gasteiger partial charge < -0.3 is 4.74 Å². The summed E-state index contributed by atoms with van der Waals surface area (Å²) in [6, 6.07) is 4.40. The van der Waals surface area contributed by atoms with Gasteiger partial charge in [-0.15, -0.1) is 0 Å². The van der Waals surface area contributed by atoms with Gasteiger partial charge in [0.05, 0.1) is 12.0 Å². The van der Waals surface area contributed by atoms with Crippen molar-refractivity contribution in [3.63, 3.8) is 0 Å². The Kier molecular flexibility index (Phi) is 3.92. The minimum absolute atomic E-state index is 0.173. The average molecular weight is 237 g/mol. The highest BCUT2D eigenvalue weighted by Crippen LogP contribution is 2.20. The second-order valence-electron chi connectivity index (χ2n) is 3.48. The number of ether oxygens (including phenoxy) is 1. The van der Waals surface area contributed by atoms with Gasteiger partial charge in [0.2, 0.25) is 5.78 Å². The van der Waals surface area contributed by atoms with Gasteiger partial charge >= 0.3 is 5.97 Å². The number of rotatable bonds is 4.